The Morgan fingerprint density at radius 1 is 1.03 bits per heavy atom. The fraction of sp³-hybridized carbons (Fsp3) is 0.550. The van der Waals surface area contributed by atoms with E-state index in [4.69, 9.17) is 23.1 Å². The molecule has 0 aliphatic carbocycles. The van der Waals surface area contributed by atoms with E-state index in [9.17, 15) is 22.8 Å². The van der Waals surface area contributed by atoms with E-state index in [0.717, 1.165) is 18.7 Å². The Balaban J connectivity index is 2.41. The summed E-state index contributed by atoms with van der Waals surface area (Å²) in [6, 6.07) is 7.89. The van der Waals surface area contributed by atoms with Crippen LogP contribution in [0.4, 0.5) is 0 Å². The van der Waals surface area contributed by atoms with E-state index >= 15 is 0 Å². The van der Waals surface area contributed by atoms with Gasteiger partial charge in [0.2, 0.25) is 5.91 Å². The number of esters is 2. The van der Waals surface area contributed by atoms with Gasteiger partial charge in [0.25, 0.3) is 10.1 Å². The standard InChI is InChI=1S/C20H27NO10S/c1-12(22)21-17-19(31-32(4,25)26)18(29-14(3)24)16(11-27-13(2)23)30-20(17)28-10-15-8-6-5-7-9-15/h5-9,16-20H,10-11H2,1-4H3,(H,21,22)/t16-,17-,18-,19+,20+/m1/s1. The van der Waals surface area contributed by atoms with Gasteiger partial charge in [-0.05, 0) is 5.56 Å². The predicted molar refractivity (Wildman–Crippen MR) is 109 cm³/mol. The van der Waals surface area contributed by atoms with E-state index in [1.165, 1.54) is 13.8 Å². The second-order valence-corrected chi connectivity index (χ2v) is 8.81. The monoisotopic (exact) mass is 473 g/mol. The molecule has 1 fully saturated rings. The van der Waals surface area contributed by atoms with Crippen molar-refractivity contribution < 1.29 is 45.9 Å². The van der Waals surface area contributed by atoms with Crippen molar-refractivity contribution in [3.05, 3.63) is 35.9 Å². The van der Waals surface area contributed by atoms with E-state index in [1.807, 2.05) is 18.2 Å². The van der Waals surface area contributed by atoms with Crippen LogP contribution in [-0.2, 0) is 54.2 Å². The smallest absolute Gasteiger partial charge is 0.303 e. The maximum atomic E-state index is 12.0. The van der Waals surface area contributed by atoms with Gasteiger partial charge in [-0.3, -0.25) is 18.6 Å². The second-order valence-electron chi connectivity index (χ2n) is 7.21. The molecule has 0 radical (unpaired) electrons. The van der Waals surface area contributed by atoms with Gasteiger partial charge in [0.05, 0.1) is 12.9 Å². The van der Waals surface area contributed by atoms with E-state index in [2.05, 4.69) is 5.32 Å². The molecule has 1 amide bonds. The molecule has 0 aromatic heterocycles. The van der Waals surface area contributed by atoms with Gasteiger partial charge < -0.3 is 24.3 Å². The summed E-state index contributed by atoms with van der Waals surface area (Å²) in [5, 5.41) is 2.55. The average Bonchev–Trinajstić information content (AvgIpc) is 2.68. The SMILES string of the molecule is CC(=O)N[C@H]1[C@@H](OCc2ccccc2)O[C@H](COC(C)=O)[C@@H](OC(C)=O)[C@H]1OS(C)(=O)=O. The fourth-order valence-corrected chi connectivity index (χ4v) is 3.80. The molecule has 178 valence electrons. The number of carbonyl (C=O) groups excluding carboxylic acids is 3. The molecule has 0 unspecified atom stereocenters. The first-order valence-corrected chi connectivity index (χ1v) is 11.5. The summed E-state index contributed by atoms with van der Waals surface area (Å²) < 4.78 is 51.1. The molecule has 32 heavy (non-hydrogen) atoms. The van der Waals surface area contributed by atoms with Gasteiger partial charge in [-0.2, -0.15) is 8.42 Å². The van der Waals surface area contributed by atoms with Crippen LogP contribution in [0.2, 0.25) is 0 Å². The minimum Gasteiger partial charge on any atom is -0.463 e. The number of hydrogen-bond donors (Lipinski definition) is 1. The van der Waals surface area contributed by atoms with Crippen molar-refractivity contribution in [1.82, 2.24) is 5.32 Å². The summed E-state index contributed by atoms with van der Waals surface area (Å²) in [4.78, 5) is 34.9. The maximum absolute atomic E-state index is 12.0. The lowest BCUT2D eigenvalue weighted by Crippen LogP contribution is -2.66. The average molecular weight is 474 g/mol. The van der Waals surface area contributed by atoms with Crippen molar-refractivity contribution >= 4 is 28.0 Å². The zero-order valence-corrected chi connectivity index (χ0v) is 19.0. The lowest BCUT2D eigenvalue weighted by atomic mass is 9.96. The summed E-state index contributed by atoms with van der Waals surface area (Å²) in [5.74, 6) is -1.89. The third-order valence-corrected chi connectivity index (χ3v) is 4.88. The normalized spacial score (nSPS) is 25.6. The quantitative estimate of drug-likeness (QED) is 0.392. The van der Waals surface area contributed by atoms with Gasteiger partial charge >= 0.3 is 11.9 Å². The molecule has 1 aromatic carbocycles. The third-order valence-electron chi connectivity index (χ3n) is 4.31. The number of ether oxygens (including phenoxy) is 4. The van der Waals surface area contributed by atoms with Crippen LogP contribution in [0.5, 0.6) is 0 Å². The highest BCUT2D eigenvalue weighted by Crippen LogP contribution is 2.29. The van der Waals surface area contributed by atoms with Crippen molar-refractivity contribution in [3.63, 3.8) is 0 Å². The van der Waals surface area contributed by atoms with Crippen LogP contribution in [-0.4, -0.2) is 69.8 Å². The molecule has 12 heteroatoms. The van der Waals surface area contributed by atoms with E-state index in [0.29, 0.717) is 0 Å². The number of amides is 1. The molecule has 0 saturated carbocycles. The topological polar surface area (TPSA) is 144 Å². The summed E-state index contributed by atoms with van der Waals surface area (Å²) in [6.07, 6.45) is -4.25. The molecule has 5 atom stereocenters. The Hall–Kier alpha value is -2.54. The highest BCUT2D eigenvalue weighted by Gasteiger charge is 2.51. The number of hydrogen-bond acceptors (Lipinski definition) is 10. The minimum absolute atomic E-state index is 0.0612. The molecule has 1 aliphatic heterocycles. The number of carbonyl (C=O) groups is 3. The summed E-state index contributed by atoms with van der Waals surface area (Å²) >= 11 is 0. The van der Waals surface area contributed by atoms with E-state index in [1.54, 1.807) is 12.1 Å². The summed E-state index contributed by atoms with van der Waals surface area (Å²) in [5.41, 5.74) is 0.789. The van der Waals surface area contributed by atoms with Crippen LogP contribution in [0.15, 0.2) is 30.3 Å². The van der Waals surface area contributed by atoms with E-state index < -0.39 is 58.6 Å². The van der Waals surface area contributed by atoms with Crippen molar-refractivity contribution in [3.8, 4) is 0 Å². The van der Waals surface area contributed by atoms with Crippen LogP contribution in [0, 0.1) is 0 Å². The van der Waals surface area contributed by atoms with Crippen molar-refractivity contribution in [2.75, 3.05) is 12.9 Å². The first kappa shape index (κ1) is 25.7. The van der Waals surface area contributed by atoms with Gasteiger partial charge in [0.1, 0.15) is 24.9 Å². The van der Waals surface area contributed by atoms with E-state index in [-0.39, 0.29) is 13.2 Å². The van der Waals surface area contributed by atoms with Gasteiger partial charge in [0.15, 0.2) is 12.4 Å². The Morgan fingerprint density at radius 2 is 1.69 bits per heavy atom. The molecule has 0 bridgehead atoms. The minimum atomic E-state index is -4.07. The Labute approximate surface area is 186 Å². The van der Waals surface area contributed by atoms with Gasteiger partial charge in [-0.25, -0.2) is 0 Å². The van der Waals surface area contributed by atoms with Crippen molar-refractivity contribution in [2.45, 2.75) is 58.0 Å². The highest BCUT2D eigenvalue weighted by atomic mass is 32.2. The number of nitrogens with one attached hydrogen (secondary N) is 1. The third kappa shape index (κ3) is 8.19. The van der Waals surface area contributed by atoms with Crippen LogP contribution in [0.3, 0.4) is 0 Å². The Morgan fingerprint density at radius 3 is 2.22 bits per heavy atom. The Bertz CT molecular complexity index is 904. The molecule has 1 heterocycles. The first-order chi connectivity index (χ1) is 15.0. The number of rotatable bonds is 9. The lowest BCUT2D eigenvalue weighted by molar-refractivity contribution is -0.273. The largest absolute Gasteiger partial charge is 0.463 e. The maximum Gasteiger partial charge on any atom is 0.303 e. The molecule has 2 rings (SSSR count). The zero-order chi connectivity index (χ0) is 23.9. The van der Waals surface area contributed by atoms with Crippen molar-refractivity contribution in [2.24, 2.45) is 0 Å². The molecule has 1 saturated heterocycles. The van der Waals surface area contributed by atoms with Crippen LogP contribution >= 0.6 is 0 Å². The predicted octanol–water partition coefficient (Wildman–Crippen LogP) is 0.272. The molecule has 0 spiro atoms. The molecular formula is C20H27NO10S. The van der Waals surface area contributed by atoms with Crippen LogP contribution in [0.25, 0.3) is 0 Å². The fourth-order valence-electron chi connectivity index (χ4n) is 3.17. The zero-order valence-electron chi connectivity index (χ0n) is 18.2. The van der Waals surface area contributed by atoms with Crippen LogP contribution < -0.4 is 5.32 Å². The first-order valence-electron chi connectivity index (χ1n) is 9.73. The molecule has 1 aliphatic rings. The van der Waals surface area contributed by atoms with Crippen molar-refractivity contribution in [1.29, 1.82) is 0 Å². The lowest BCUT2D eigenvalue weighted by Gasteiger charge is -2.44. The molecule has 1 aromatic rings. The summed E-state index contributed by atoms with van der Waals surface area (Å²) in [6.45, 7) is 3.21. The second kappa shape index (κ2) is 11.4. The Kier molecular flexibility index (Phi) is 9.13. The van der Waals surface area contributed by atoms with Gasteiger partial charge in [-0.15, -0.1) is 0 Å². The molecular weight excluding hydrogens is 446 g/mol. The highest BCUT2D eigenvalue weighted by molar-refractivity contribution is 7.86. The van der Waals surface area contributed by atoms with Gasteiger partial charge in [0, 0.05) is 20.8 Å². The van der Waals surface area contributed by atoms with Crippen LogP contribution in [0.1, 0.15) is 26.3 Å². The summed E-state index contributed by atoms with van der Waals surface area (Å²) in [7, 11) is -4.07. The number of benzene rings is 1. The van der Waals surface area contributed by atoms with Gasteiger partial charge in [-0.1, -0.05) is 30.3 Å². The molecule has 11 nitrogen and oxygen atoms in total. The molecule has 1 N–H and O–H groups in total.